The summed E-state index contributed by atoms with van der Waals surface area (Å²) in [5.41, 5.74) is 3.39. The third kappa shape index (κ3) is 2.68. The maximum atomic E-state index is 4.57. The van der Waals surface area contributed by atoms with Crippen molar-refractivity contribution in [2.75, 3.05) is 20.1 Å². The molecule has 4 heteroatoms. The van der Waals surface area contributed by atoms with Crippen LogP contribution in [0.1, 0.15) is 12.0 Å². The lowest BCUT2D eigenvalue weighted by Gasteiger charge is -2.10. The summed E-state index contributed by atoms with van der Waals surface area (Å²) in [5, 5.41) is 4.18. The van der Waals surface area contributed by atoms with Crippen molar-refractivity contribution in [3.8, 4) is 11.4 Å². The Bertz CT molecular complexity index is 544. The molecule has 4 nitrogen and oxygen atoms in total. The molecular formula is C15H20N4. The van der Waals surface area contributed by atoms with Gasteiger partial charge in [0.15, 0.2) is 0 Å². The average Bonchev–Trinajstić information content (AvgIpc) is 3.00. The Hall–Kier alpha value is -1.68. The molecule has 1 atom stereocenters. The molecule has 19 heavy (non-hydrogen) atoms. The minimum atomic E-state index is 0.786. The summed E-state index contributed by atoms with van der Waals surface area (Å²) < 4.78 is 1.86. The number of aromatic nitrogens is 3. The van der Waals surface area contributed by atoms with E-state index in [0.29, 0.717) is 0 Å². The van der Waals surface area contributed by atoms with Gasteiger partial charge in [-0.15, -0.1) is 0 Å². The molecular weight excluding hydrogens is 236 g/mol. The van der Waals surface area contributed by atoms with Crippen LogP contribution in [0.4, 0.5) is 0 Å². The molecule has 100 valence electrons. The SMILES string of the molecule is CN1CC[C@@H](Cc2ccc(-c3ccnn3C)nc2)C1. The molecule has 1 aliphatic rings. The molecule has 2 aromatic rings. The minimum absolute atomic E-state index is 0.786. The van der Waals surface area contributed by atoms with Gasteiger partial charge in [-0.2, -0.15) is 5.10 Å². The largest absolute Gasteiger partial charge is 0.306 e. The fourth-order valence-electron chi connectivity index (χ4n) is 2.85. The third-order valence-electron chi connectivity index (χ3n) is 3.92. The van der Waals surface area contributed by atoms with Crippen molar-refractivity contribution >= 4 is 0 Å². The molecule has 1 saturated heterocycles. The number of aryl methyl sites for hydroxylation is 1. The summed E-state index contributed by atoms with van der Waals surface area (Å²) in [7, 11) is 4.14. The van der Waals surface area contributed by atoms with Gasteiger partial charge < -0.3 is 4.90 Å². The first kappa shape index (κ1) is 12.4. The van der Waals surface area contributed by atoms with E-state index in [1.807, 2.05) is 24.0 Å². The van der Waals surface area contributed by atoms with E-state index in [1.165, 1.54) is 25.1 Å². The molecule has 0 amide bonds. The zero-order valence-corrected chi connectivity index (χ0v) is 11.6. The van der Waals surface area contributed by atoms with Crippen LogP contribution in [0.25, 0.3) is 11.4 Å². The number of nitrogens with zero attached hydrogens (tertiary/aromatic N) is 4. The lowest BCUT2D eigenvalue weighted by molar-refractivity contribution is 0.394. The van der Waals surface area contributed by atoms with E-state index >= 15 is 0 Å². The highest BCUT2D eigenvalue weighted by Gasteiger charge is 2.19. The van der Waals surface area contributed by atoms with E-state index in [2.05, 4.69) is 34.2 Å². The first-order valence-corrected chi connectivity index (χ1v) is 6.84. The number of hydrogen-bond donors (Lipinski definition) is 0. The molecule has 1 fully saturated rings. The Morgan fingerprint density at radius 1 is 1.26 bits per heavy atom. The van der Waals surface area contributed by atoms with Crippen molar-refractivity contribution in [1.82, 2.24) is 19.7 Å². The van der Waals surface area contributed by atoms with Gasteiger partial charge in [-0.05, 0) is 50.0 Å². The van der Waals surface area contributed by atoms with Crippen LogP contribution in [0.15, 0.2) is 30.6 Å². The number of hydrogen-bond acceptors (Lipinski definition) is 3. The molecule has 0 bridgehead atoms. The first-order valence-electron chi connectivity index (χ1n) is 6.84. The topological polar surface area (TPSA) is 34.0 Å². The van der Waals surface area contributed by atoms with Crippen molar-refractivity contribution < 1.29 is 0 Å². The quantitative estimate of drug-likeness (QED) is 0.842. The van der Waals surface area contributed by atoms with Crippen molar-refractivity contribution in [3.05, 3.63) is 36.2 Å². The Morgan fingerprint density at radius 3 is 2.74 bits per heavy atom. The Labute approximate surface area is 114 Å². The van der Waals surface area contributed by atoms with Crippen molar-refractivity contribution in [2.24, 2.45) is 13.0 Å². The van der Waals surface area contributed by atoms with E-state index in [-0.39, 0.29) is 0 Å². The average molecular weight is 256 g/mol. The second kappa shape index (κ2) is 5.13. The van der Waals surface area contributed by atoms with Crippen LogP contribution in [-0.4, -0.2) is 39.8 Å². The van der Waals surface area contributed by atoms with E-state index in [1.54, 1.807) is 6.20 Å². The Morgan fingerprint density at radius 2 is 2.16 bits per heavy atom. The van der Waals surface area contributed by atoms with Gasteiger partial charge in [0.1, 0.15) is 0 Å². The Balaban J connectivity index is 1.71. The molecule has 0 N–H and O–H groups in total. The predicted octanol–water partition coefficient (Wildman–Crippen LogP) is 1.98. The number of pyridine rings is 1. The summed E-state index contributed by atoms with van der Waals surface area (Å²) in [6, 6.07) is 6.30. The lowest BCUT2D eigenvalue weighted by Crippen LogP contribution is -2.15. The lowest BCUT2D eigenvalue weighted by atomic mass is 10.00. The molecule has 3 heterocycles. The molecule has 0 spiro atoms. The second-order valence-electron chi connectivity index (χ2n) is 5.51. The maximum absolute atomic E-state index is 4.57. The molecule has 2 aromatic heterocycles. The fraction of sp³-hybridized carbons (Fsp3) is 0.467. The molecule has 0 unspecified atom stereocenters. The summed E-state index contributed by atoms with van der Waals surface area (Å²) in [6.07, 6.45) is 6.27. The van der Waals surface area contributed by atoms with E-state index in [0.717, 1.165) is 23.7 Å². The molecule has 3 rings (SSSR count). The molecule has 0 radical (unpaired) electrons. The van der Waals surface area contributed by atoms with Crippen LogP contribution >= 0.6 is 0 Å². The zero-order valence-electron chi connectivity index (χ0n) is 11.6. The molecule has 0 aliphatic carbocycles. The first-order chi connectivity index (χ1) is 9.22. The van der Waals surface area contributed by atoms with E-state index in [4.69, 9.17) is 0 Å². The third-order valence-corrected chi connectivity index (χ3v) is 3.92. The highest BCUT2D eigenvalue weighted by Crippen LogP contribution is 2.21. The summed E-state index contributed by atoms with van der Waals surface area (Å²) >= 11 is 0. The summed E-state index contributed by atoms with van der Waals surface area (Å²) in [4.78, 5) is 6.97. The fourth-order valence-corrected chi connectivity index (χ4v) is 2.85. The van der Waals surface area contributed by atoms with Crippen LogP contribution in [0.3, 0.4) is 0 Å². The zero-order chi connectivity index (χ0) is 13.2. The standard InChI is InChI=1S/C15H20N4/c1-18-8-6-13(11-18)9-12-3-4-14(16-10-12)15-5-7-17-19(15)2/h3-5,7,10,13H,6,8-9,11H2,1-2H3/t13-/m0/s1. The second-order valence-corrected chi connectivity index (χ2v) is 5.51. The van der Waals surface area contributed by atoms with E-state index < -0.39 is 0 Å². The smallest absolute Gasteiger partial charge is 0.0883 e. The summed E-state index contributed by atoms with van der Waals surface area (Å²) in [5.74, 6) is 0.786. The van der Waals surface area contributed by atoms with E-state index in [9.17, 15) is 0 Å². The highest BCUT2D eigenvalue weighted by atomic mass is 15.3. The minimum Gasteiger partial charge on any atom is -0.306 e. The van der Waals surface area contributed by atoms with Gasteiger partial charge in [0.2, 0.25) is 0 Å². The van der Waals surface area contributed by atoms with Crippen molar-refractivity contribution in [2.45, 2.75) is 12.8 Å². The van der Waals surface area contributed by atoms with Gasteiger partial charge in [-0.3, -0.25) is 9.67 Å². The maximum Gasteiger partial charge on any atom is 0.0883 e. The van der Waals surface area contributed by atoms with Crippen LogP contribution in [-0.2, 0) is 13.5 Å². The Kier molecular flexibility index (Phi) is 3.34. The molecule has 1 aliphatic heterocycles. The van der Waals surface area contributed by atoms with Gasteiger partial charge in [0, 0.05) is 26.0 Å². The van der Waals surface area contributed by atoms with Gasteiger partial charge >= 0.3 is 0 Å². The molecule has 0 saturated carbocycles. The van der Waals surface area contributed by atoms with Gasteiger partial charge in [-0.25, -0.2) is 0 Å². The van der Waals surface area contributed by atoms with Crippen molar-refractivity contribution in [1.29, 1.82) is 0 Å². The van der Waals surface area contributed by atoms with Gasteiger partial charge in [-0.1, -0.05) is 6.07 Å². The van der Waals surface area contributed by atoms with Crippen LogP contribution < -0.4 is 0 Å². The van der Waals surface area contributed by atoms with Crippen LogP contribution in [0.5, 0.6) is 0 Å². The van der Waals surface area contributed by atoms with Gasteiger partial charge in [0.25, 0.3) is 0 Å². The molecule has 0 aromatic carbocycles. The predicted molar refractivity (Wildman–Crippen MR) is 75.7 cm³/mol. The van der Waals surface area contributed by atoms with Crippen molar-refractivity contribution in [3.63, 3.8) is 0 Å². The normalized spacial score (nSPS) is 20.0. The van der Waals surface area contributed by atoms with Crippen LogP contribution in [0, 0.1) is 5.92 Å². The van der Waals surface area contributed by atoms with Gasteiger partial charge in [0.05, 0.1) is 11.4 Å². The highest BCUT2D eigenvalue weighted by molar-refractivity contribution is 5.53. The van der Waals surface area contributed by atoms with Crippen LogP contribution in [0.2, 0.25) is 0 Å². The summed E-state index contributed by atoms with van der Waals surface area (Å²) in [6.45, 7) is 2.44. The monoisotopic (exact) mass is 256 g/mol. The number of rotatable bonds is 3. The number of likely N-dealkylation sites (tertiary alicyclic amines) is 1.